The molecule has 0 amide bonds. The molecule has 4 aliphatic heterocycles. The van der Waals surface area contributed by atoms with Crippen LogP contribution in [0.4, 0.5) is 0 Å². The van der Waals surface area contributed by atoms with Gasteiger partial charge in [0.2, 0.25) is 0 Å². The molecule has 0 saturated carbocycles. The van der Waals surface area contributed by atoms with E-state index in [1.807, 2.05) is 4.31 Å². The Morgan fingerprint density at radius 3 is 2.23 bits per heavy atom. The molecule has 0 aromatic heterocycles. The van der Waals surface area contributed by atoms with Crippen LogP contribution in [0.2, 0.25) is 0 Å². The first-order chi connectivity index (χ1) is 12.6. The highest BCUT2D eigenvalue weighted by Crippen LogP contribution is 2.35. The molecule has 0 N–H and O–H groups in total. The summed E-state index contributed by atoms with van der Waals surface area (Å²) in [5.41, 5.74) is 2.96. The van der Waals surface area contributed by atoms with E-state index in [9.17, 15) is 8.42 Å². The summed E-state index contributed by atoms with van der Waals surface area (Å²) >= 11 is 0. The predicted molar refractivity (Wildman–Crippen MR) is 102 cm³/mol. The zero-order valence-corrected chi connectivity index (χ0v) is 16.2. The number of fused-ring (bicyclic) bond motifs is 5. The van der Waals surface area contributed by atoms with E-state index < -0.39 is 10.2 Å². The van der Waals surface area contributed by atoms with Crippen LogP contribution in [-0.4, -0.2) is 66.7 Å². The maximum atomic E-state index is 13.2. The van der Waals surface area contributed by atoms with Gasteiger partial charge in [0, 0.05) is 44.8 Å². The zero-order valence-electron chi connectivity index (χ0n) is 15.4. The first-order valence-electron chi connectivity index (χ1n) is 10.2. The third-order valence-electron chi connectivity index (χ3n) is 6.93. The minimum absolute atomic E-state index is 0.156. The Bertz CT molecular complexity index is 750. The van der Waals surface area contributed by atoms with E-state index in [0.717, 1.165) is 51.7 Å². The largest absolute Gasteiger partial charge is 0.298 e. The molecule has 0 unspecified atom stereocenters. The SMILES string of the molecule is O=S(=O)(N1CCCC1)N1C[C@H]2CC[C@@H]1CN(C1Cc3ccccc3C1)C2. The second-order valence-corrected chi connectivity index (χ2v) is 10.4. The van der Waals surface area contributed by atoms with Gasteiger partial charge in [-0.25, -0.2) is 0 Å². The Morgan fingerprint density at radius 2 is 1.54 bits per heavy atom. The lowest BCUT2D eigenvalue weighted by Gasteiger charge is -2.37. The molecule has 142 valence electrons. The van der Waals surface area contributed by atoms with Crippen molar-refractivity contribution in [1.29, 1.82) is 0 Å². The molecule has 5 aliphatic rings. The first-order valence-corrected chi connectivity index (χ1v) is 11.6. The molecule has 26 heavy (non-hydrogen) atoms. The molecule has 6 heteroatoms. The van der Waals surface area contributed by atoms with Gasteiger partial charge in [0.25, 0.3) is 10.2 Å². The van der Waals surface area contributed by atoms with Gasteiger partial charge in [-0.05, 0) is 55.6 Å². The summed E-state index contributed by atoms with van der Waals surface area (Å²) in [6, 6.07) is 9.49. The van der Waals surface area contributed by atoms with Crippen LogP contribution in [0.5, 0.6) is 0 Å². The molecule has 2 atom stereocenters. The maximum Gasteiger partial charge on any atom is 0.282 e. The van der Waals surface area contributed by atoms with Crippen LogP contribution in [0.3, 0.4) is 0 Å². The van der Waals surface area contributed by atoms with Crippen molar-refractivity contribution in [1.82, 2.24) is 13.5 Å². The van der Waals surface area contributed by atoms with E-state index >= 15 is 0 Å². The normalized spacial score (nSPS) is 31.4. The number of hydrogen-bond acceptors (Lipinski definition) is 3. The van der Waals surface area contributed by atoms with Gasteiger partial charge in [-0.2, -0.15) is 17.0 Å². The Hall–Kier alpha value is -0.950. The Kier molecular flexibility index (Phi) is 4.35. The number of hydrogen-bond donors (Lipinski definition) is 0. The van der Waals surface area contributed by atoms with Crippen LogP contribution >= 0.6 is 0 Å². The summed E-state index contributed by atoms with van der Waals surface area (Å²) in [5, 5.41) is 0. The molecule has 0 spiro atoms. The first kappa shape index (κ1) is 17.2. The monoisotopic (exact) mass is 375 g/mol. The summed E-state index contributed by atoms with van der Waals surface area (Å²) in [6.45, 7) is 4.10. The van der Waals surface area contributed by atoms with Crippen molar-refractivity contribution in [2.45, 2.75) is 50.6 Å². The third-order valence-corrected chi connectivity index (χ3v) is 8.98. The van der Waals surface area contributed by atoms with Crippen molar-refractivity contribution >= 4 is 10.2 Å². The fraction of sp³-hybridized carbons (Fsp3) is 0.700. The van der Waals surface area contributed by atoms with Gasteiger partial charge < -0.3 is 0 Å². The topological polar surface area (TPSA) is 43.9 Å². The van der Waals surface area contributed by atoms with Crippen LogP contribution < -0.4 is 0 Å². The van der Waals surface area contributed by atoms with E-state index in [2.05, 4.69) is 29.2 Å². The van der Waals surface area contributed by atoms with Crippen LogP contribution in [0.15, 0.2) is 24.3 Å². The molecule has 0 radical (unpaired) electrons. The predicted octanol–water partition coefficient (Wildman–Crippen LogP) is 1.89. The van der Waals surface area contributed by atoms with Crippen LogP contribution in [0.25, 0.3) is 0 Å². The van der Waals surface area contributed by atoms with Crippen LogP contribution in [-0.2, 0) is 23.1 Å². The highest BCUT2D eigenvalue weighted by Gasteiger charge is 2.44. The van der Waals surface area contributed by atoms with Crippen molar-refractivity contribution in [2.24, 2.45) is 5.92 Å². The molecule has 1 aromatic rings. The van der Waals surface area contributed by atoms with Crippen molar-refractivity contribution in [3.8, 4) is 0 Å². The smallest absolute Gasteiger partial charge is 0.282 e. The van der Waals surface area contributed by atoms with Gasteiger partial charge in [0.1, 0.15) is 0 Å². The number of benzene rings is 1. The lowest BCUT2D eigenvalue weighted by atomic mass is 9.97. The lowest BCUT2D eigenvalue weighted by molar-refractivity contribution is 0.187. The number of nitrogens with zero attached hydrogens (tertiary/aromatic N) is 3. The average molecular weight is 376 g/mol. The summed E-state index contributed by atoms with van der Waals surface area (Å²) in [4.78, 5) is 2.61. The van der Waals surface area contributed by atoms with Gasteiger partial charge in [0.15, 0.2) is 0 Å². The third kappa shape index (κ3) is 2.91. The van der Waals surface area contributed by atoms with Crippen LogP contribution in [0, 0.1) is 5.92 Å². The van der Waals surface area contributed by atoms with E-state index in [-0.39, 0.29) is 6.04 Å². The summed E-state index contributed by atoms with van der Waals surface area (Å²) < 4.78 is 29.9. The minimum Gasteiger partial charge on any atom is -0.298 e. The highest BCUT2D eigenvalue weighted by molar-refractivity contribution is 7.86. The molecule has 1 aromatic carbocycles. The van der Waals surface area contributed by atoms with E-state index in [1.165, 1.54) is 17.5 Å². The molecule has 6 rings (SSSR count). The Balaban J connectivity index is 1.35. The second kappa shape index (κ2) is 6.59. The molecule has 4 fully saturated rings. The quantitative estimate of drug-likeness (QED) is 0.810. The lowest BCUT2D eigenvalue weighted by Crippen LogP contribution is -2.52. The summed E-state index contributed by atoms with van der Waals surface area (Å²) in [6.07, 6.45) is 6.45. The molecule has 4 heterocycles. The molecular weight excluding hydrogens is 346 g/mol. The van der Waals surface area contributed by atoms with Gasteiger partial charge in [-0.1, -0.05) is 24.3 Å². The summed E-state index contributed by atoms with van der Waals surface area (Å²) in [5.74, 6) is 0.481. The van der Waals surface area contributed by atoms with Gasteiger partial charge in [0.05, 0.1) is 0 Å². The number of piperidine rings is 1. The zero-order chi connectivity index (χ0) is 17.7. The van der Waals surface area contributed by atoms with Crippen molar-refractivity contribution in [3.05, 3.63) is 35.4 Å². The average Bonchev–Trinajstić information content (AvgIpc) is 3.24. The molecule has 4 saturated heterocycles. The van der Waals surface area contributed by atoms with E-state index in [0.29, 0.717) is 25.0 Å². The molecule has 1 aliphatic carbocycles. The standard InChI is InChI=1S/C20H29N3O2S/c24-26(25,22-9-3-4-10-22)23-14-16-7-8-19(23)15-21(13-16)20-11-17-5-1-2-6-18(17)12-20/h1-2,5-6,16,19-20H,3-4,7-15H2/t16-,19+/m0/s1. The van der Waals surface area contributed by atoms with Crippen molar-refractivity contribution in [3.63, 3.8) is 0 Å². The van der Waals surface area contributed by atoms with E-state index in [4.69, 9.17) is 0 Å². The van der Waals surface area contributed by atoms with Crippen LogP contribution in [0.1, 0.15) is 36.8 Å². The molecule has 5 nitrogen and oxygen atoms in total. The van der Waals surface area contributed by atoms with E-state index in [1.54, 1.807) is 4.31 Å². The molecule has 2 bridgehead atoms. The summed E-state index contributed by atoms with van der Waals surface area (Å²) in [7, 11) is -3.28. The number of rotatable bonds is 3. The van der Waals surface area contributed by atoms with Gasteiger partial charge in [-0.3, -0.25) is 4.90 Å². The fourth-order valence-electron chi connectivity index (χ4n) is 5.52. The maximum absolute atomic E-state index is 13.2. The minimum atomic E-state index is -3.28. The second-order valence-electron chi connectivity index (χ2n) is 8.57. The highest BCUT2D eigenvalue weighted by atomic mass is 32.2. The van der Waals surface area contributed by atoms with Crippen molar-refractivity contribution < 1.29 is 8.42 Å². The van der Waals surface area contributed by atoms with Crippen molar-refractivity contribution in [2.75, 3.05) is 32.7 Å². The fourth-order valence-corrected chi connectivity index (χ4v) is 7.48. The van der Waals surface area contributed by atoms with Gasteiger partial charge in [-0.15, -0.1) is 0 Å². The molecular formula is C20H29N3O2S. The van der Waals surface area contributed by atoms with Gasteiger partial charge >= 0.3 is 0 Å². The Labute approximate surface area is 157 Å². The Morgan fingerprint density at radius 1 is 0.846 bits per heavy atom.